The first-order valence-corrected chi connectivity index (χ1v) is 22.4. The third-order valence-corrected chi connectivity index (χ3v) is 13.1. The summed E-state index contributed by atoms with van der Waals surface area (Å²) in [7, 11) is 1.36. The average Bonchev–Trinajstić information content (AvgIpc) is 3.60. The molecular formula is C48H55FN6O8. The van der Waals surface area contributed by atoms with Gasteiger partial charge in [-0.3, -0.25) is 0 Å². The number of ether oxygens (including phenoxy) is 6. The minimum atomic E-state index is -0.610. The van der Waals surface area contributed by atoms with Crippen molar-refractivity contribution in [3.8, 4) is 22.9 Å². The molecule has 63 heavy (non-hydrogen) atoms. The number of fused-ring (bicyclic) bond motifs is 4. The van der Waals surface area contributed by atoms with E-state index < -0.39 is 11.6 Å². The van der Waals surface area contributed by atoms with E-state index in [0.29, 0.717) is 65.6 Å². The molecule has 14 nitrogen and oxygen atoms in total. The molecule has 332 valence electrons. The van der Waals surface area contributed by atoms with Crippen molar-refractivity contribution in [2.45, 2.75) is 122 Å². The van der Waals surface area contributed by atoms with E-state index in [4.69, 9.17) is 43.5 Å². The highest BCUT2D eigenvalue weighted by Crippen LogP contribution is 2.54. The molecule has 4 saturated heterocycles. The molecule has 5 aromatic rings. The number of rotatable bonds is 11. The molecule has 0 spiro atoms. The number of carbonyl (C=O) groups excluding carboxylic acids is 2. The maximum absolute atomic E-state index is 16.6. The summed E-state index contributed by atoms with van der Waals surface area (Å²) in [6, 6.07) is 11.0. The van der Waals surface area contributed by atoms with Crippen molar-refractivity contribution in [3.05, 3.63) is 70.7 Å². The molecule has 0 N–H and O–H groups in total. The van der Waals surface area contributed by atoms with Crippen LogP contribution in [0.25, 0.3) is 32.9 Å². The standard InChI is InChI=1S/C48H55FN6O8/c1-27-37(49)21-38-36(22-50-55(38)39-10-6-7-17-60-39)40(27)41-34(29-15-16-29)20-35-42(43(41)61-25-28-11-13-30(14-12-28)45(56)58-5)51-46(62-26-33-9-8-18-59-33)52-44(35)53-23-32-19-31(53)24-54(32)47(57)63-48(2,3)4/h11-14,20-22,29,31-33,39H,6-10,15-19,23-26H2,1-5H3/t31-,32-,33+,39?/m0/s1. The lowest BCUT2D eigenvalue weighted by atomic mass is 9.88. The molecular weight excluding hydrogens is 808 g/mol. The molecule has 2 aromatic heterocycles. The molecule has 0 radical (unpaired) electrons. The fourth-order valence-electron chi connectivity index (χ4n) is 9.77. The van der Waals surface area contributed by atoms with Gasteiger partial charge in [-0.15, -0.1) is 0 Å². The number of halogens is 1. The summed E-state index contributed by atoms with van der Waals surface area (Å²) >= 11 is 0. The number of piperazine rings is 1. The summed E-state index contributed by atoms with van der Waals surface area (Å²) in [5, 5.41) is 6.42. The molecule has 2 bridgehead atoms. The lowest BCUT2D eigenvalue weighted by Gasteiger charge is -2.36. The summed E-state index contributed by atoms with van der Waals surface area (Å²) in [4.78, 5) is 40.1. The monoisotopic (exact) mass is 862 g/mol. The van der Waals surface area contributed by atoms with E-state index >= 15 is 4.39 Å². The summed E-state index contributed by atoms with van der Waals surface area (Å²) in [6.45, 7) is 10.2. The van der Waals surface area contributed by atoms with Gasteiger partial charge in [0.1, 0.15) is 36.0 Å². The lowest BCUT2D eigenvalue weighted by molar-refractivity contribution is -0.0367. The number of amides is 1. The number of esters is 1. The largest absolute Gasteiger partial charge is 0.486 e. The van der Waals surface area contributed by atoms with Gasteiger partial charge in [-0.1, -0.05) is 12.1 Å². The van der Waals surface area contributed by atoms with Crippen molar-refractivity contribution >= 4 is 39.7 Å². The first kappa shape index (κ1) is 41.5. The fraction of sp³-hybridized carbons (Fsp3) is 0.521. The van der Waals surface area contributed by atoms with Crippen LogP contribution < -0.4 is 14.4 Å². The van der Waals surface area contributed by atoms with Crippen molar-refractivity contribution in [3.63, 3.8) is 0 Å². The molecule has 3 aromatic carbocycles. The van der Waals surface area contributed by atoms with Crippen LogP contribution in [0.1, 0.15) is 111 Å². The van der Waals surface area contributed by atoms with Crippen LogP contribution in [0.15, 0.2) is 42.6 Å². The number of anilines is 1. The van der Waals surface area contributed by atoms with Gasteiger partial charge in [-0.05, 0) is 120 Å². The second kappa shape index (κ2) is 16.5. The predicted molar refractivity (Wildman–Crippen MR) is 233 cm³/mol. The Hall–Kier alpha value is -5.54. The molecule has 5 aliphatic rings. The van der Waals surface area contributed by atoms with Gasteiger partial charge in [0.15, 0.2) is 12.0 Å². The van der Waals surface area contributed by atoms with E-state index in [1.807, 2.05) is 55.6 Å². The predicted octanol–water partition coefficient (Wildman–Crippen LogP) is 8.79. The van der Waals surface area contributed by atoms with Gasteiger partial charge in [-0.25, -0.2) is 18.7 Å². The Bertz CT molecular complexity index is 2560. The average molecular weight is 863 g/mol. The van der Waals surface area contributed by atoms with Crippen LogP contribution >= 0.6 is 0 Å². The molecule has 6 heterocycles. The molecule has 1 amide bonds. The third-order valence-electron chi connectivity index (χ3n) is 13.1. The van der Waals surface area contributed by atoms with Crippen LogP contribution in [0.3, 0.4) is 0 Å². The number of aromatic nitrogens is 4. The zero-order valence-electron chi connectivity index (χ0n) is 36.7. The van der Waals surface area contributed by atoms with Crippen LogP contribution in [-0.4, -0.2) is 101 Å². The SMILES string of the molecule is COC(=O)c1ccc(COc2c(-c3c(C)c(F)cc4c3cnn4C3CCCCO3)c(C3CC3)cc3c(N4C[C@@H]5C[C@H]4CN5C(=O)OC(C)(C)C)nc(OC[C@H]4CCCO4)nc23)cc1. The molecule has 5 fully saturated rings. The fourth-order valence-corrected chi connectivity index (χ4v) is 9.77. The van der Waals surface area contributed by atoms with Crippen molar-refractivity contribution in [1.29, 1.82) is 0 Å². The summed E-state index contributed by atoms with van der Waals surface area (Å²) < 4.78 is 54.8. The van der Waals surface area contributed by atoms with Crippen molar-refractivity contribution in [2.24, 2.45) is 0 Å². The zero-order valence-corrected chi connectivity index (χ0v) is 36.7. The Kier molecular flexibility index (Phi) is 10.9. The number of methoxy groups -OCH3 is 1. The van der Waals surface area contributed by atoms with Gasteiger partial charge in [0.2, 0.25) is 0 Å². The lowest BCUT2D eigenvalue weighted by Crippen LogP contribution is -2.50. The van der Waals surface area contributed by atoms with Gasteiger partial charge < -0.3 is 38.2 Å². The topological polar surface area (TPSA) is 140 Å². The van der Waals surface area contributed by atoms with Crippen LogP contribution in [0, 0.1) is 12.7 Å². The molecule has 4 atom stereocenters. The number of hydrogen-bond acceptors (Lipinski definition) is 12. The number of hydrogen-bond donors (Lipinski definition) is 0. The Morgan fingerprint density at radius 2 is 1.71 bits per heavy atom. The summed E-state index contributed by atoms with van der Waals surface area (Å²) in [5.74, 6) is 0.577. The van der Waals surface area contributed by atoms with Gasteiger partial charge in [0, 0.05) is 54.3 Å². The van der Waals surface area contributed by atoms with Crippen LogP contribution in [0.4, 0.5) is 15.0 Å². The van der Waals surface area contributed by atoms with Crippen molar-refractivity contribution in [1.82, 2.24) is 24.6 Å². The first-order chi connectivity index (χ1) is 30.4. The quantitative estimate of drug-likeness (QED) is 0.117. The Labute approximate surface area is 365 Å². The molecule has 1 aliphatic carbocycles. The second-order valence-corrected chi connectivity index (χ2v) is 18.6. The summed E-state index contributed by atoms with van der Waals surface area (Å²) in [6.07, 6.45) is 8.42. The highest BCUT2D eigenvalue weighted by Gasteiger charge is 2.48. The van der Waals surface area contributed by atoms with Crippen LogP contribution in [0.5, 0.6) is 11.8 Å². The first-order valence-electron chi connectivity index (χ1n) is 22.4. The van der Waals surface area contributed by atoms with E-state index in [1.165, 1.54) is 7.11 Å². The third kappa shape index (κ3) is 8.02. The number of carbonyl (C=O) groups is 2. The highest BCUT2D eigenvalue weighted by molar-refractivity contribution is 6.06. The van der Waals surface area contributed by atoms with E-state index in [-0.39, 0.29) is 61.5 Å². The maximum atomic E-state index is 16.6. The van der Waals surface area contributed by atoms with E-state index in [1.54, 1.807) is 18.2 Å². The number of nitrogens with zero attached hydrogens (tertiary/aromatic N) is 6. The molecule has 1 saturated carbocycles. The molecule has 10 rings (SSSR count). The zero-order chi connectivity index (χ0) is 43.6. The van der Waals surface area contributed by atoms with Crippen LogP contribution in [-0.2, 0) is 25.6 Å². The Balaban J connectivity index is 1.16. The molecule has 15 heteroatoms. The Morgan fingerprint density at radius 3 is 2.40 bits per heavy atom. The van der Waals surface area contributed by atoms with Gasteiger partial charge >= 0.3 is 18.1 Å². The van der Waals surface area contributed by atoms with Gasteiger partial charge in [0.05, 0.1) is 42.6 Å². The normalized spacial score (nSPS) is 22.3. The minimum absolute atomic E-state index is 0.0219. The summed E-state index contributed by atoms with van der Waals surface area (Å²) in [5.41, 5.74) is 4.76. The van der Waals surface area contributed by atoms with Gasteiger partial charge in [-0.2, -0.15) is 15.1 Å². The highest BCUT2D eigenvalue weighted by atomic mass is 19.1. The van der Waals surface area contributed by atoms with Gasteiger partial charge in [0.25, 0.3) is 0 Å². The second-order valence-electron chi connectivity index (χ2n) is 18.6. The molecule has 4 aliphatic heterocycles. The van der Waals surface area contributed by atoms with Crippen LogP contribution in [0.2, 0.25) is 0 Å². The van der Waals surface area contributed by atoms with Crippen molar-refractivity contribution in [2.75, 3.05) is 44.9 Å². The van der Waals surface area contributed by atoms with Crippen molar-refractivity contribution < 1.29 is 42.4 Å². The number of likely N-dealkylation sites (tertiary alicyclic amines) is 1. The van der Waals surface area contributed by atoms with E-state index in [2.05, 4.69) is 11.0 Å². The smallest absolute Gasteiger partial charge is 0.410 e. The maximum Gasteiger partial charge on any atom is 0.410 e. The van der Waals surface area contributed by atoms with E-state index in [9.17, 15) is 9.59 Å². The van der Waals surface area contributed by atoms with E-state index in [0.717, 1.165) is 78.8 Å². The number of benzene rings is 3. The Morgan fingerprint density at radius 1 is 0.905 bits per heavy atom. The minimum Gasteiger partial charge on any atom is -0.486 e. The molecule has 1 unspecified atom stereocenters.